The summed E-state index contributed by atoms with van der Waals surface area (Å²) in [6.07, 6.45) is -4.45. The highest BCUT2D eigenvalue weighted by Gasteiger charge is 2.32. The van der Waals surface area contributed by atoms with E-state index in [0.29, 0.717) is 6.61 Å². The van der Waals surface area contributed by atoms with Crippen molar-refractivity contribution in [3.63, 3.8) is 0 Å². The molecular formula is C14H20F3NO2. The lowest BCUT2D eigenvalue weighted by Gasteiger charge is -2.12. The molecule has 1 N–H and O–H groups in total. The molecule has 0 atom stereocenters. The molecule has 0 radical (unpaired) electrons. The number of hydrogen-bond acceptors (Lipinski definition) is 2. The van der Waals surface area contributed by atoms with E-state index in [-0.39, 0.29) is 17.7 Å². The average Bonchev–Trinajstić information content (AvgIpc) is 2.40. The zero-order valence-corrected chi connectivity index (χ0v) is 12.1. The standard InChI is InChI=1S/C12H14F3NO2.C2H6/c1-8-3-4-9(7-10(8)12(13,14)15)11(17)16-5-6-18-2;1-2/h3-4,7H,5-6H2,1-2H3,(H,16,17);1-2H3. The summed E-state index contributed by atoms with van der Waals surface area (Å²) in [5, 5.41) is 2.47. The first-order valence-electron chi connectivity index (χ1n) is 6.31. The fraction of sp³-hybridized carbons (Fsp3) is 0.500. The molecule has 0 unspecified atom stereocenters. The summed E-state index contributed by atoms with van der Waals surface area (Å²) >= 11 is 0. The van der Waals surface area contributed by atoms with Gasteiger partial charge in [-0.2, -0.15) is 13.2 Å². The number of methoxy groups -OCH3 is 1. The van der Waals surface area contributed by atoms with Crippen molar-refractivity contribution < 1.29 is 22.7 Å². The molecule has 1 amide bonds. The van der Waals surface area contributed by atoms with Gasteiger partial charge in [0.1, 0.15) is 0 Å². The van der Waals surface area contributed by atoms with Crippen molar-refractivity contribution in [1.82, 2.24) is 5.32 Å². The van der Waals surface area contributed by atoms with Crippen LogP contribution in [0.3, 0.4) is 0 Å². The second kappa shape index (κ2) is 8.58. The highest BCUT2D eigenvalue weighted by atomic mass is 19.4. The molecule has 1 aromatic carbocycles. The van der Waals surface area contributed by atoms with Crippen molar-refractivity contribution >= 4 is 5.91 Å². The molecule has 1 rings (SSSR count). The van der Waals surface area contributed by atoms with E-state index in [2.05, 4.69) is 5.32 Å². The summed E-state index contributed by atoms with van der Waals surface area (Å²) in [6, 6.07) is 3.51. The van der Waals surface area contributed by atoms with E-state index in [4.69, 9.17) is 4.74 Å². The Hall–Kier alpha value is -1.56. The fourth-order valence-electron chi connectivity index (χ4n) is 1.44. The molecule has 0 aliphatic rings. The first-order chi connectivity index (χ1) is 9.36. The number of halogens is 3. The van der Waals surface area contributed by atoms with Crippen LogP contribution in [-0.2, 0) is 10.9 Å². The van der Waals surface area contributed by atoms with Crippen LogP contribution in [0.25, 0.3) is 0 Å². The number of carbonyl (C=O) groups is 1. The summed E-state index contributed by atoms with van der Waals surface area (Å²) in [5.41, 5.74) is -0.707. The zero-order valence-electron chi connectivity index (χ0n) is 12.1. The quantitative estimate of drug-likeness (QED) is 0.863. The van der Waals surface area contributed by atoms with Gasteiger partial charge in [-0.1, -0.05) is 19.9 Å². The van der Waals surface area contributed by atoms with Gasteiger partial charge in [-0.15, -0.1) is 0 Å². The minimum Gasteiger partial charge on any atom is -0.383 e. The number of nitrogens with one attached hydrogen (secondary N) is 1. The van der Waals surface area contributed by atoms with E-state index in [1.54, 1.807) is 0 Å². The Bertz CT molecular complexity index is 431. The fourth-order valence-corrected chi connectivity index (χ4v) is 1.44. The number of aryl methyl sites for hydroxylation is 1. The van der Waals surface area contributed by atoms with Crippen LogP contribution >= 0.6 is 0 Å². The summed E-state index contributed by atoms with van der Waals surface area (Å²) in [6.45, 7) is 5.92. The molecule has 0 spiro atoms. The second-order valence-corrected chi connectivity index (χ2v) is 3.78. The van der Waals surface area contributed by atoms with Crippen LogP contribution in [0.5, 0.6) is 0 Å². The Morgan fingerprint density at radius 1 is 1.30 bits per heavy atom. The Labute approximate surface area is 117 Å². The minimum absolute atomic E-state index is 0.0102. The van der Waals surface area contributed by atoms with Gasteiger partial charge in [0.05, 0.1) is 12.2 Å². The van der Waals surface area contributed by atoms with Crippen LogP contribution < -0.4 is 5.32 Å². The lowest BCUT2D eigenvalue weighted by atomic mass is 10.0. The Balaban J connectivity index is 0.00000172. The molecule has 0 aliphatic carbocycles. The largest absolute Gasteiger partial charge is 0.416 e. The summed E-state index contributed by atoms with van der Waals surface area (Å²) in [4.78, 5) is 11.6. The van der Waals surface area contributed by atoms with Crippen LogP contribution in [0.4, 0.5) is 13.2 Å². The summed E-state index contributed by atoms with van der Waals surface area (Å²) in [7, 11) is 1.47. The number of rotatable bonds is 4. The van der Waals surface area contributed by atoms with Gasteiger partial charge < -0.3 is 10.1 Å². The topological polar surface area (TPSA) is 38.3 Å². The number of benzene rings is 1. The number of alkyl halides is 3. The lowest BCUT2D eigenvalue weighted by Crippen LogP contribution is -2.27. The van der Waals surface area contributed by atoms with Crippen LogP contribution in [0.15, 0.2) is 18.2 Å². The van der Waals surface area contributed by atoms with Crippen molar-refractivity contribution in [3.8, 4) is 0 Å². The Morgan fingerprint density at radius 3 is 2.40 bits per heavy atom. The predicted molar refractivity (Wildman–Crippen MR) is 71.7 cm³/mol. The summed E-state index contributed by atoms with van der Waals surface area (Å²) < 4.78 is 42.7. The molecule has 1 aromatic rings. The Morgan fingerprint density at radius 2 is 1.90 bits per heavy atom. The maximum absolute atomic E-state index is 12.6. The third-order valence-electron chi connectivity index (χ3n) is 2.40. The molecule has 0 saturated carbocycles. The van der Waals surface area contributed by atoms with E-state index >= 15 is 0 Å². The van der Waals surface area contributed by atoms with Gasteiger partial charge in [0, 0.05) is 19.2 Å². The second-order valence-electron chi connectivity index (χ2n) is 3.78. The Kier molecular flexibility index (Phi) is 7.91. The average molecular weight is 291 g/mol. The van der Waals surface area contributed by atoms with Crippen LogP contribution in [0.1, 0.15) is 35.3 Å². The van der Waals surface area contributed by atoms with Gasteiger partial charge in [-0.25, -0.2) is 0 Å². The molecule has 0 bridgehead atoms. The monoisotopic (exact) mass is 291 g/mol. The van der Waals surface area contributed by atoms with E-state index in [9.17, 15) is 18.0 Å². The van der Waals surface area contributed by atoms with E-state index in [1.807, 2.05) is 13.8 Å². The molecule has 0 saturated heterocycles. The van der Waals surface area contributed by atoms with Crippen molar-refractivity contribution in [3.05, 3.63) is 34.9 Å². The van der Waals surface area contributed by atoms with Gasteiger partial charge >= 0.3 is 6.18 Å². The molecule has 0 aromatic heterocycles. The van der Waals surface area contributed by atoms with Crippen molar-refractivity contribution in [1.29, 1.82) is 0 Å². The lowest BCUT2D eigenvalue weighted by molar-refractivity contribution is -0.138. The predicted octanol–water partition coefficient (Wildman–Crippen LogP) is 3.42. The molecule has 0 fully saturated rings. The first kappa shape index (κ1) is 18.4. The van der Waals surface area contributed by atoms with Crippen molar-refractivity contribution in [2.75, 3.05) is 20.3 Å². The highest BCUT2D eigenvalue weighted by Crippen LogP contribution is 2.32. The van der Waals surface area contributed by atoms with Crippen molar-refractivity contribution in [2.45, 2.75) is 26.9 Å². The molecule has 0 aliphatic heterocycles. The van der Waals surface area contributed by atoms with Crippen LogP contribution in [0.2, 0.25) is 0 Å². The number of amides is 1. The van der Waals surface area contributed by atoms with E-state index < -0.39 is 17.6 Å². The first-order valence-corrected chi connectivity index (χ1v) is 6.31. The van der Waals surface area contributed by atoms with Gasteiger partial charge in [-0.3, -0.25) is 4.79 Å². The maximum Gasteiger partial charge on any atom is 0.416 e. The number of hydrogen-bond donors (Lipinski definition) is 1. The molecule has 20 heavy (non-hydrogen) atoms. The van der Waals surface area contributed by atoms with Gasteiger partial charge in [0.2, 0.25) is 0 Å². The SMILES string of the molecule is CC.COCCNC(=O)c1ccc(C)c(C(F)(F)F)c1. The number of carbonyl (C=O) groups excluding carboxylic acids is 1. The summed E-state index contributed by atoms with van der Waals surface area (Å²) in [5.74, 6) is -0.544. The highest BCUT2D eigenvalue weighted by molar-refractivity contribution is 5.94. The van der Waals surface area contributed by atoms with Crippen LogP contribution in [-0.4, -0.2) is 26.2 Å². The number of ether oxygens (including phenoxy) is 1. The van der Waals surface area contributed by atoms with Crippen molar-refractivity contribution in [2.24, 2.45) is 0 Å². The van der Waals surface area contributed by atoms with E-state index in [1.165, 1.54) is 26.2 Å². The van der Waals surface area contributed by atoms with Gasteiger partial charge in [-0.05, 0) is 24.6 Å². The smallest absolute Gasteiger partial charge is 0.383 e. The molecule has 6 heteroatoms. The molecule has 114 valence electrons. The van der Waals surface area contributed by atoms with Gasteiger partial charge in [0.15, 0.2) is 0 Å². The van der Waals surface area contributed by atoms with Gasteiger partial charge in [0.25, 0.3) is 5.91 Å². The maximum atomic E-state index is 12.6. The third kappa shape index (κ3) is 5.61. The van der Waals surface area contributed by atoms with Crippen LogP contribution in [0, 0.1) is 6.92 Å². The minimum atomic E-state index is -4.45. The molecule has 3 nitrogen and oxygen atoms in total. The third-order valence-corrected chi connectivity index (χ3v) is 2.40. The molecular weight excluding hydrogens is 271 g/mol. The normalized spacial score (nSPS) is 10.6. The molecule has 0 heterocycles. The zero-order chi connectivity index (χ0) is 15.8. The van der Waals surface area contributed by atoms with E-state index in [0.717, 1.165) is 6.07 Å².